The second kappa shape index (κ2) is 9.01. The van der Waals surface area contributed by atoms with Crippen LogP contribution in [0.25, 0.3) is 0 Å². The van der Waals surface area contributed by atoms with Crippen LogP contribution in [-0.4, -0.2) is 29.3 Å². The Kier molecular flexibility index (Phi) is 7.69. The third kappa shape index (κ3) is 5.18. The second-order valence-corrected chi connectivity index (χ2v) is 5.92. The molecule has 1 rings (SSSR count). The molecular weight excluding hydrogens is 323 g/mol. The highest BCUT2D eigenvalue weighted by Gasteiger charge is 2.25. The van der Waals surface area contributed by atoms with E-state index < -0.39 is 6.04 Å². The fourth-order valence-corrected chi connectivity index (χ4v) is 2.56. The summed E-state index contributed by atoms with van der Waals surface area (Å²) in [5.74, 6) is -0.232. The van der Waals surface area contributed by atoms with Crippen LogP contribution in [0.4, 0.5) is 0 Å². The van der Waals surface area contributed by atoms with Crippen LogP contribution in [-0.2, 0) is 16.1 Å². The minimum absolute atomic E-state index is 0.0627. The van der Waals surface area contributed by atoms with E-state index in [9.17, 15) is 9.59 Å². The van der Waals surface area contributed by atoms with E-state index in [1.807, 2.05) is 13.8 Å². The largest absolute Gasteiger partial charge is 0.355 e. The Morgan fingerprint density at radius 3 is 2.50 bits per heavy atom. The molecule has 0 spiro atoms. The summed E-state index contributed by atoms with van der Waals surface area (Å²) in [5, 5.41) is 3.77. The minimum atomic E-state index is -0.550. The van der Waals surface area contributed by atoms with Crippen molar-refractivity contribution in [3.05, 3.63) is 33.8 Å². The molecule has 0 heterocycles. The Labute approximate surface area is 141 Å². The molecule has 1 aromatic carbocycles. The van der Waals surface area contributed by atoms with Gasteiger partial charge in [-0.15, -0.1) is 0 Å². The highest BCUT2D eigenvalue weighted by Crippen LogP contribution is 2.23. The Balaban J connectivity index is 2.99. The molecule has 0 aliphatic heterocycles. The first-order chi connectivity index (χ1) is 10.4. The molecule has 22 heavy (non-hydrogen) atoms. The fraction of sp³-hybridized carbons (Fsp3) is 0.500. The zero-order valence-corrected chi connectivity index (χ0v) is 14.7. The van der Waals surface area contributed by atoms with Gasteiger partial charge in [0.1, 0.15) is 6.04 Å². The van der Waals surface area contributed by atoms with Gasteiger partial charge in [-0.25, -0.2) is 0 Å². The van der Waals surface area contributed by atoms with Crippen molar-refractivity contribution in [1.82, 2.24) is 10.2 Å². The molecule has 6 heteroatoms. The summed E-state index contributed by atoms with van der Waals surface area (Å²) < 4.78 is 0. The summed E-state index contributed by atoms with van der Waals surface area (Å²) in [6.45, 7) is 6.32. The molecule has 122 valence electrons. The standard InChI is InChI=1S/C16H22Cl2N2O2/c1-4-6-15(21)20(11(3)16(22)19-5-2)10-12-7-8-13(17)9-14(12)18/h7-9,11H,4-6,10H2,1-3H3,(H,19,22)/t11-/m1/s1. The van der Waals surface area contributed by atoms with Gasteiger partial charge in [-0.05, 0) is 38.0 Å². The molecule has 0 aromatic heterocycles. The molecule has 0 bridgehead atoms. The number of benzene rings is 1. The van der Waals surface area contributed by atoms with Gasteiger partial charge in [0.2, 0.25) is 11.8 Å². The van der Waals surface area contributed by atoms with Gasteiger partial charge in [-0.3, -0.25) is 9.59 Å². The predicted octanol–water partition coefficient (Wildman–Crippen LogP) is 3.65. The first kappa shape index (κ1) is 18.8. The van der Waals surface area contributed by atoms with Gasteiger partial charge < -0.3 is 10.2 Å². The fourth-order valence-electron chi connectivity index (χ4n) is 2.10. The SMILES string of the molecule is CCCC(=O)N(Cc1ccc(Cl)cc1Cl)[C@H](C)C(=O)NCC. The molecule has 1 aromatic rings. The molecule has 1 N–H and O–H groups in total. The smallest absolute Gasteiger partial charge is 0.242 e. The summed E-state index contributed by atoms with van der Waals surface area (Å²) in [6.07, 6.45) is 1.13. The summed E-state index contributed by atoms with van der Waals surface area (Å²) in [4.78, 5) is 26.0. The average molecular weight is 345 g/mol. The number of amides is 2. The van der Waals surface area contributed by atoms with Crippen molar-refractivity contribution < 1.29 is 9.59 Å². The number of halogens is 2. The lowest BCUT2D eigenvalue weighted by atomic mass is 10.1. The Morgan fingerprint density at radius 2 is 1.95 bits per heavy atom. The van der Waals surface area contributed by atoms with Gasteiger partial charge in [0, 0.05) is 29.6 Å². The van der Waals surface area contributed by atoms with E-state index in [4.69, 9.17) is 23.2 Å². The van der Waals surface area contributed by atoms with Gasteiger partial charge in [0.15, 0.2) is 0 Å². The molecule has 0 saturated carbocycles. The lowest BCUT2D eigenvalue weighted by Crippen LogP contribution is -2.47. The molecule has 1 atom stereocenters. The van der Waals surface area contributed by atoms with Gasteiger partial charge in [0.25, 0.3) is 0 Å². The van der Waals surface area contributed by atoms with Crippen LogP contribution < -0.4 is 5.32 Å². The summed E-state index contributed by atoms with van der Waals surface area (Å²) in [5.41, 5.74) is 0.770. The van der Waals surface area contributed by atoms with Crippen molar-refractivity contribution in [3.63, 3.8) is 0 Å². The number of nitrogens with one attached hydrogen (secondary N) is 1. The van der Waals surface area contributed by atoms with Gasteiger partial charge in [0.05, 0.1) is 0 Å². The van der Waals surface area contributed by atoms with Crippen molar-refractivity contribution in [2.24, 2.45) is 0 Å². The second-order valence-electron chi connectivity index (χ2n) is 5.08. The van der Waals surface area contributed by atoms with Crippen molar-refractivity contribution >= 4 is 35.0 Å². The molecule has 0 unspecified atom stereocenters. The van der Waals surface area contributed by atoms with E-state index in [2.05, 4.69) is 5.32 Å². The molecule has 0 aliphatic rings. The lowest BCUT2D eigenvalue weighted by molar-refractivity contribution is -0.140. The Hall–Kier alpha value is -1.26. The third-order valence-electron chi connectivity index (χ3n) is 3.34. The number of hydrogen-bond acceptors (Lipinski definition) is 2. The maximum atomic E-state index is 12.4. The predicted molar refractivity (Wildman–Crippen MR) is 90.1 cm³/mol. The summed E-state index contributed by atoms with van der Waals surface area (Å²) in [6, 6.07) is 4.59. The van der Waals surface area contributed by atoms with E-state index in [1.165, 1.54) is 0 Å². The first-order valence-electron chi connectivity index (χ1n) is 7.41. The van der Waals surface area contributed by atoms with E-state index >= 15 is 0 Å². The number of carbonyl (C=O) groups excluding carboxylic acids is 2. The highest BCUT2D eigenvalue weighted by molar-refractivity contribution is 6.35. The van der Waals surface area contributed by atoms with Crippen molar-refractivity contribution in [1.29, 1.82) is 0 Å². The van der Waals surface area contributed by atoms with E-state index in [0.717, 1.165) is 12.0 Å². The van der Waals surface area contributed by atoms with Crippen LogP contribution in [0.2, 0.25) is 10.0 Å². The van der Waals surface area contributed by atoms with Crippen LogP contribution in [0.15, 0.2) is 18.2 Å². The van der Waals surface area contributed by atoms with Crippen LogP contribution >= 0.6 is 23.2 Å². The number of hydrogen-bond donors (Lipinski definition) is 1. The van der Waals surface area contributed by atoms with Crippen molar-refractivity contribution in [3.8, 4) is 0 Å². The zero-order chi connectivity index (χ0) is 16.7. The highest BCUT2D eigenvalue weighted by atomic mass is 35.5. The number of nitrogens with zero attached hydrogens (tertiary/aromatic N) is 1. The molecular formula is C16H22Cl2N2O2. The Bertz CT molecular complexity index is 535. The normalized spacial score (nSPS) is 11.9. The summed E-state index contributed by atoms with van der Waals surface area (Å²) >= 11 is 12.1. The maximum Gasteiger partial charge on any atom is 0.242 e. The monoisotopic (exact) mass is 344 g/mol. The van der Waals surface area contributed by atoms with Crippen LogP contribution in [0.3, 0.4) is 0 Å². The average Bonchev–Trinajstić information content (AvgIpc) is 2.46. The molecule has 4 nitrogen and oxygen atoms in total. The number of carbonyl (C=O) groups is 2. The first-order valence-corrected chi connectivity index (χ1v) is 8.17. The molecule has 2 amide bonds. The summed E-state index contributed by atoms with van der Waals surface area (Å²) in [7, 11) is 0. The van der Waals surface area contributed by atoms with Crippen molar-refractivity contribution in [2.45, 2.75) is 46.2 Å². The topological polar surface area (TPSA) is 49.4 Å². The maximum absolute atomic E-state index is 12.4. The van der Waals surface area contributed by atoms with Crippen LogP contribution in [0.1, 0.15) is 39.2 Å². The van der Waals surface area contributed by atoms with Crippen LogP contribution in [0.5, 0.6) is 0 Å². The van der Waals surface area contributed by atoms with Crippen LogP contribution in [0, 0.1) is 0 Å². The van der Waals surface area contributed by atoms with Gasteiger partial charge >= 0.3 is 0 Å². The molecule has 0 aliphatic carbocycles. The number of likely N-dealkylation sites (N-methyl/N-ethyl adjacent to an activating group) is 1. The van der Waals surface area contributed by atoms with E-state index in [0.29, 0.717) is 23.0 Å². The number of rotatable bonds is 7. The molecule has 0 fully saturated rings. The van der Waals surface area contributed by atoms with E-state index in [1.54, 1.807) is 30.0 Å². The molecule has 0 radical (unpaired) electrons. The van der Waals surface area contributed by atoms with Crippen molar-refractivity contribution in [2.75, 3.05) is 6.54 Å². The van der Waals surface area contributed by atoms with E-state index in [-0.39, 0.29) is 18.4 Å². The minimum Gasteiger partial charge on any atom is -0.355 e. The zero-order valence-electron chi connectivity index (χ0n) is 13.2. The molecule has 0 saturated heterocycles. The Morgan fingerprint density at radius 1 is 1.27 bits per heavy atom. The third-order valence-corrected chi connectivity index (χ3v) is 3.92. The van der Waals surface area contributed by atoms with Gasteiger partial charge in [-0.2, -0.15) is 0 Å². The van der Waals surface area contributed by atoms with Gasteiger partial charge in [-0.1, -0.05) is 36.2 Å². The quantitative estimate of drug-likeness (QED) is 0.820. The lowest BCUT2D eigenvalue weighted by Gasteiger charge is -2.29.